The number of nitrogens with one attached hydrogen (secondary N) is 1. The average molecular weight is 281 g/mol. The molecule has 0 aliphatic heterocycles. The van der Waals surface area contributed by atoms with Crippen molar-refractivity contribution < 1.29 is 14.3 Å². The smallest absolute Gasteiger partial charge is 0.305 e. The van der Waals surface area contributed by atoms with Crippen molar-refractivity contribution in [1.82, 2.24) is 5.32 Å². The summed E-state index contributed by atoms with van der Waals surface area (Å²) in [5.41, 5.74) is 0. The van der Waals surface area contributed by atoms with Gasteiger partial charge in [-0.3, -0.25) is 9.59 Å². The molecular weight excluding hydrogens is 262 g/mol. The molecule has 0 bridgehead atoms. The first kappa shape index (κ1) is 15.6. The van der Waals surface area contributed by atoms with Gasteiger partial charge in [0.2, 0.25) is 5.91 Å². The van der Waals surface area contributed by atoms with Gasteiger partial charge in [-0.15, -0.1) is 11.8 Å². The number of esters is 1. The summed E-state index contributed by atoms with van der Waals surface area (Å²) in [5.74, 6) is 0.164. The molecule has 0 aliphatic rings. The molecule has 0 aliphatic carbocycles. The van der Waals surface area contributed by atoms with Gasteiger partial charge in [0.05, 0.1) is 12.4 Å². The lowest BCUT2D eigenvalue weighted by molar-refractivity contribution is -0.143. The summed E-state index contributed by atoms with van der Waals surface area (Å²) < 4.78 is 4.80. The Kier molecular flexibility index (Phi) is 7.74. The van der Waals surface area contributed by atoms with Gasteiger partial charge < -0.3 is 10.1 Å². The van der Waals surface area contributed by atoms with Crippen molar-refractivity contribution in [3.8, 4) is 0 Å². The summed E-state index contributed by atoms with van der Waals surface area (Å²) in [6.45, 7) is 2.69. The van der Waals surface area contributed by atoms with Gasteiger partial charge in [0.15, 0.2) is 0 Å². The lowest BCUT2D eigenvalue weighted by Crippen LogP contribution is -2.26. The monoisotopic (exact) mass is 281 g/mol. The maximum Gasteiger partial charge on any atom is 0.305 e. The van der Waals surface area contributed by atoms with Crippen LogP contribution in [0.15, 0.2) is 35.2 Å². The van der Waals surface area contributed by atoms with E-state index in [-0.39, 0.29) is 11.9 Å². The van der Waals surface area contributed by atoms with Crippen molar-refractivity contribution in [3.63, 3.8) is 0 Å². The third-order valence-electron chi connectivity index (χ3n) is 2.30. The van der Waals surface area contributed by atoms with E-state index in [0.29, 0.717) is 31.7 Å². The molecule has 0 fully saturated rings. The second-order valence-corrected chi connectivity index (χ2v) is 4.91. The van der Waals surface area contributed by atoms with Gasteiger partial charge in [0, 0.05) is 17.9 Å². The van der Waals surface area contributed by atoms with Gasteiger partial charge in [-0.1, -0.05) is 18.2 Å². The van der Waals surface area contributed by atoms with Crippen molar-refractivity contribution >= 4 is 23.6 Å². The predicted octanol–water partition coefficient (Wildman–Crippen LogP) is 2.24. The summed E-state index contributed by atoms with van der Waals surface area (Å²) in [4.78, 5) is 23.7. The highest BCUT2D eigenvalue weighted by atomic mass is 32.2. The molecule has 19 heavy (non-hydrogen) atoms. The van der Waals surface area contributed by atoms with Crippen LogP contribution in [-0.2, 0) is 14.3 Å². The quantitative estimate of drug-likeness (QED) is 0.451. The second kappa shape index (κ2) is 9.44. The Labute approximate surface area is 117 Å². The Morgan fingerprint density at radius 1 is 1.26 bits per heavy atom. The summed E-state index contributed by atoms with van der Waals surface area (Å²) in [7, 11) is 0. The van der Waals surface area contributed by atoms with E-state index in [2.05, 4.69) is 5.32 Å². The molecule has 0 aromatic heterocycles. The number of hydrogen-bond acceptors (Lipinski definition) is 4. The van der Waals surface area contributed by atoms with Gasteiger partial charge in [-0.2, -0.15) is 0 Å². The van der Waals surface area contributed by atoms with Crippen LogP contribution in [0.2, 0.25) is 0 Å². The van der Waals surface area contributed by atoms with Crippen LogP contribution in [0.4, 0.5) is 0 Å². The molecule has 0 unspecified atom stereocenters. The third kappa shape index (κ3) is 7.51. The number of carbonyl (C=O) groups excluding carboxylic acids is 2. The lowest BCUT2D eigenvalue weighted by atomic mass is 10.3. The minimum atomic E-state index is -0.213. The van der Waals surface area contributed by atoms with E-state index in [1.54, 1.807) is 6.92 Å². The number of rotatable bonds is 8. The van der Waals surface area contributed by atoms with Gasteiger partial charge >= 0.3 is 5.97 Å². The molecule has 4 nitrogen and oxygen atoms in total. The van der Waals surface area contributed by atoms with Crippen molar-refractivity contribution in [2.75, 3.05) is 18.9 Å². The minimum Gasteiger partial charge on any atom is -0.466 e. The van der Waals surface area contributed by atoms with E-state index in [0.717, 1.165) is 4.90 Å². The van der Waals surface area contributed by atoms with Crippen LogP contribution in [-0.4, -0.2) is 30.8 Å². The topological polar surface area (TPSA) is 55.4 Å². The van der Waals surface area contributed by atoms with Gasteiger partial charge in [0.25, 0.3) is 0 Å². The van der Waals surface area contributed by atoms with Crippen LogP contribution in [0.3, 0.4) is 0 Å². The van der Waals surface area contributed by atoms with E-state index in [1.807, 2.05) is 30.3 Å². The first-order valence-electron chi connectivity index (χ1n) is 6.32. The molecule has 0 saturated carbocycles. The largest absolute Gasteiger partial charge is 0.466 e. The number of amides is 1. The molecule has 0 spiro atoms. The second-order valence-electron chi connectivity index (χ2n) is 3.86. The minimum absolute atomic E-state index is 0.0160. The van der Waals surface area contributed by atoms with Gasteiger partial charge in [-0.25, -0.2) is 0 Å². The lowest BCUT2D eigenvalue weighted by Gasteiger charge is -2.05. The molecule has 5 heteroatoms. The summed E-state index contributed by atoms with van der Waals surface area (Å²) in [6.07, 6.45) is 0.959. The molecule has 0 atom stereocenters. The van der Waals surface area contributed by atoms with E-state index >= 15 is 0 Å². The molecule has 0 saturated heterocycles. The third-order valence-corrected chi connectivity index (χ3v) is 3.31. The summed E-state index contributed by atoms with van der Waals surface area (Å²) in [5, 5.41) is 2.78. The van der Waals surface area contributed by atoms with E-state index < -0.39 is 0 Å². The number of carbonyl (C=O) groups is 2. The molecule has 1 aromatic carbocycles. The molecule has 1 amide bonds. The SMILES string of the molecule is CCOC(=O)CCCNC(=O)CSc1ccccc1. The predicted molar refractivity (Wildman–Crippen MR) is 76.0 cm³/mol. The molecule has 1 N–H and O–H groups in total. The van der Waals surface area contributed by atoms with Gasteiger partial charge in [0.1, 0.15) is 0 Å². The van der Waals surface area contributed by atoms with Crippen LogP contribution in [0, 0.1) is 0 Å². The fourth-order valence-electron chi connectivity index (χ4n) is 1.41. The zero-order chi connectivity index (χ0) is 13.9. The number of benzene rings is 1. The molecular formula is C14H19NO3S. The molecule has 1 rings (SSSR count). The van der Waals surface area contributed by atoms with Crippen LogP contribution < -0.4 is 5.32 Å². The van der Waals surface area contributed by atoms with Crippen molar-refractivity contribution in [3.05, 3.63) is 30.3 Å². The maximum absolute atomic E-state index is 11.5. The average Bonchev–Trinajstić information content (AvgIpc) is 2.43. The van der Waals surface area contributed by atoms with Crippen molar-refractivity contribution in [2.24, 2.45) is 0 Å². The molecule has 104 valence electrons. The Morgan fingerprint density at radius 3 is 2.68 bits per heavy atom. The van der Waals surface area contributed by atoms with E-state index in [9.17, 15) is 9.59 Å². The molecule has 0 radical (unpaired) electrons. The highest BCUT2D eigenvalue weighted by Gasteiger charge is 2.04. The summed E-state index contributed by atoms with van der Waals surface area (Å²) in [6, 6.07) is 9.77. The van der Waals surface area contributed by atoms with Crippen molar-refractivity contribution in [1.29, 1.82) is 0 Å². The van der Waals surface area contributed by atoms with Crippen LogP contribution in [0.1, 0.15) is 19.8 Å². The maximum atomic E-state index is 11.5. The highest BCUT2D eigenvalue weighted by molar-refractivity contribution is 8.00. The van der Waals surface area contributed by atoms with E-state index in [1.165, 1.54) is 11.8 Å². The fraction of sp³-hybridized carbons (Fsp3) is 0.429. The fourth-order valence-corrected chi connectivity index (χ4v) is 2.16. The van der Waals surface area contributed by atoms with Gasteiger partial charge in [-0.05, 0) is 25.5 Å². The number of hydrogen-bond donors (Lipinski definition) is 1. The summed E-state index contributed by atoms with van der Waals surface area (Å²) >= 11 is 1.50. The van der Waals surface area contributed by atoms with Crippen LogP contribution >= 0.6 is 11.8 Å². The molecule has 1 aromatic rings. The Morgan fingerprint density at radius 2 is 2.00 bits per heavy atom. The Hall–Kier alpha value is -1.49. The van der Waals surface area contributed by atoms with Crippen molar-refractivity contribution in [2.45, 2.75) is 24.7 Å². The standard InChI is InChI=1S/C14H19NO3S/c1-2-18-14(17)9-6-10-15-13(16)11-19-12-7-4-3-5-8-12/h3-5,7-8H,2,6,9-11H2,1H3,(H,15,16). The Balaban J connectivity index is 2.07. The zero-order valence-corrected chi connectivity index (χ0v) is 11.9. The Bertz CT molecular complexity index is 395. The normalized spacial score (nSPS) is 9.95. The van der Waals surface area contributed by atoms with Crippen LogP contribution in [0.5, 0.6) is 0 Å². The van der Waals surface area contributed by atoms with E-state index in [4.69, 9.17) is 4.74 Å². The van der Waals surface area contributed by atoms with Crippen LogP contribution in [0.25, 0.3) is 0 Å². The highest BCUT2D eigenvalue weighted by Crippen LogP contribution is 2.16. The number of thioether (sulfide) groups is 1. The first-order chi connectivity index (χ1) is 9.22. The zero-order valence-electron chi connectivity index (χ0n) is 11.1. The first-order valence-corrected chi connectivity index (χ1v) is 7.31. The molecule has 0 heterocycles. The number of ether oxygens (including phenoxy) is 1.